The molecule has 2 heterocycles. The minimum atomic E-state index is -3.73. The highest BCUT2D eigenvalue weighted by atomic mass is 32.2. The Hall–Kier alpha value is -2.84. The molecule has 2 aliphatic rings. The molecule has 0 amide bonds. The van der Waals surface area contributed by atoms with Crippen molar-refractivity contribution >= 4 is 16.0 Å². The molecular weight excluding hydrogens is 415 g/mol. The lowest BCUT2D eigenvalue weighted by molar-refractivity contribution is 0.229. The van der Waals surface area contributed by atoms with E-state index >= 15 is 0 Å². The zero-order chi connectivity index (χ0) is 21.6. The molecular formula is C23H23FN4O2S. The lowest BCUT2D eigenvalue weighted by Crippen LogP contribution is -2.47. The average Bonchev–Trinajstić information content (AvgIpc) is 2.79. The van der Waals surface area contributed by atoms with Gasteiger partial charge in [0, 0.05) is 37.3 Å². The first-order chi connectivity index (χ1) is 14.9. The van der Waals surface area contributed by atoms with Gasteiger partial charge in [-0.1, -0.05) is 30.3 Å². The number of hydrogen-bond acceptors (Lipinski definition) is 5. The molecule has 2 aromatic carbocycles. The van der Waals surface area contributed by atoms with Crippen LogP contribution in [0.5, 0.6) is 0 Å². The Labute approximate surface area is 181 Å². The number of nitrogens with zero attached hydrogens (tertiary/aromatic N) is 3. The van der Waals surface area contributed by atoms with Crippen molar-refractivity contribution in [3.8, 4) is 11.3 Å². The third kappa shape index (κ3) is 3.30. The molecule has 1 N–H and O–H groups in total. The number of sulfonamides is 1. The maximum Gasteiger partial charge on any atom is 0.243 e. The smallest absolute Gasteiger partial charge is 0.243 e. The zero-order valence-electron chi connectivity index (χ0n) is 17.2. The second-order valence-electron chi connectivity index (χ2n) is 8.18. The molecule has 1 aliphatic carbocycles. The summed E-state index contributed by atoms with van der Waals surface area (Å²) in [5.41, 5.74) is 4.16. The van der Waals surface area contributed by atoms with Gasteiger partial charge in [-0.05, 0) is 48.6 Å². The average molecular weight is 439 g/mol. The van der Waals surface area contributed by atoms with Gasteiger partial charge in [0.1, 0.15) is 5.82 Å². The predicted molar refractivity (Wildman–Crippen MR) is 117 cm³/mol. The molecule has 1 spiro atoms. The molecule has 31 heavy (non-hydrogen) atoms. The van der Waals surface area contributed by atoms with Gasteiger partial charge in [-0.3, -0.25) is 0 Å². The summed E-state index contributed by atoms with van der Waals surface area (Å²) in [5, 5.41) is 3.00. The Morgan fingerprint density at radius 1 is 1.10 bits per heavy atom. The van der Waals surface area contributed by atoms with Crippen LogP contribution in [-0.2, 0) is 21.9 Å². The van der Waals surface area contributed by atoms with E-state index in [1.807, 2.05) is 18.3 Å². The molecule has 3 aromatic rings. The van der Waals surface area contributed by atoms with E-state index in [2.05, 4.69) is 27.4 Å². The highest BCUT2D eigenvalue weighted by molar-refractivity contribution is 7.89. The van der Waals surface area contributed by atoms with Crippen LogP contribution in [0.1, 0.15) is 24.0 Å². The summed E-state index contributed by atoms with van der Waals surface area (Å²) >= 11 is 0. The largest absolute Gasteiger partial charge is 0.357 e. The molecule has 0 bridgehead atoms. The van der Waals surface area contributed by atoms with E-state index in [1.54, 1.807) is 7.05 Å². The first kappa shape index (κ1) is 20.1. The highest BCUT2D eigenvalue weighted by Gasteiger charge is 2.44. The first-order valence-corrected chi connectivity index (χ1v) is 11.8. The summed E-state index contributed by atoms with van der Waals surface area (Å²) < 4.78 is 41.2. The van der Waals surface area contributed by atoms with Crippen LogP contribution in [0.3, 0.4) is 0 Å². The van der Waals surface area contributed by atoms with Crippen molar-refractivity contribution in [1.82, 2.24) is 14.3 Å². The summed E-state index contributed by atoms with van der Waals surface area (Å²) in [6, 6.07) is 13.5. The van der Waals surface area contributed by atoms with Crippen LogP contribution in [0.25, 0.3) is 11.3 Å². The van der Waals surface area contributed by atoms with Gasteiger partial charge in [0.05, 0.1) is 10.6 Å². The first-order valence-electron chi connectivity index (χ1n) is 10.3. The fourth-order valence-corrected chi connectivity index (χ4v) is 6.35. The maximum atomic E-state index is 13.6. The molecule has 1 aliphatic heterocycles. The second kappa shape index (κ2) is 7.39. The van der Waals surface area contributed by atoms with Crippen molar-refractivity contribution in [1.29, 1.82) is 0 Å². The maximum absolute atomic E-state index is 13.6. The summed E-state index contributed by atoms with van der Waals surface area (Å²) in [4.78, 5) is 9.09. The van der Waals surface area contributed by atoms with Crippen LogP contribution >= 0.6 is 0 Å². The quantitative estimate of drug-likeness (QED) is 0.676. The molecule has 1 saturated heterocycles. The van der Waals surface area contributed by atoms with Gasteiger partial charge >= 0.3 is 0 Å². The number of piperidine rings is 1. The fraction of sp³-hybridized carbons (Fsp3) is 0.304. The van der Waals surface area contributed by atoms with Crippen molar-refractivity contribution < 1.29 is 12.8 Å². The zero-order valence-corrected chi connectivity index (χ0v) is 18.0. The van der Waals surface area contributed by atoms with E-state index in [4.69, 9.17) is 0 Å². The van der Waals surface area contributed by atoms with Crippen LogP contribution in [0.2, 0.25) is 0 Å². The van der Waals surface area contributed by atoms with Crippen molar-refractivity contribution in [3.63, 3.8) is 0 Å². The number of rotatable bonds is 3. The third-order valence-corrected chi connectivity index (χ3v) is 8.38. The van der Waals surface area contributed by atoms with Crippen LogP contribution in [0.4, 0.5) is 10.3 Å². The summed E-state index contributed by atoms with van der Waals surface area (Å²) in [6.07, 6.45) is 4.02. The molecule has 0 radical (unpaired) electrons. The van der Waals surface area contributed by atoms with Gasteiger partial charge in [-0.2, -0.15) is 4.31 Å². The Balaban J connectivity index is 1.47. The van der Waals surface area contributed by atoms with Crippen molar-refractivity contribution in [3.05, 3.63) is 71.7 Å². The van der Waals surface area contributed by atoms with Crippen molar-refractivity contribution in [2.45, 2.75) is 29.6 Å². The summed E-state index contributed by atoms with van der Waals surface area (Å²) in [5.74, 6) is 0.0359. The van der Waals surface area contributed by atoms with E-state index in [9.17, 15) is 12.8 Å². The van der Waals surface area contributed by atoms with E-state index in [0.717, 1.165) is 29.3 Å². The standard InChI is InChI=1S/C23H23FN4O2S/c1-25-22-26-15-16-14-23(20-8-3-2-7-19(20)21(16)27-22)9-11-28(12-10-23)31(29,30)18-6-4-5-17(24)13-18/h2-8,13,15H,9-12,14H2,1H3,(H,25,26,27). The van der Waals surface area contributed by atoms with Crippen LogP contribution in [0, 0.1) is 5.82 Å². The van der Waals surface area contributed by atoms with Crippen LogP contribution in [-0.4, -0.2) is 42.8 Å². The predicted octanol–water partition coefficient (Wildman–Crippen LogP) is 3.60. The molecule has 160 valence electrons. The number of halogens is 1. The Bertz CT molecular complexity index is 1250. The van der Waals surface area contributed by atoms with E-state index < -0.39 is 15.8 Å². The number of fused-ring (bicyclic) bond motifs is 4. The number of hydrogen-bond donors (Lipinski definition) is 1. The highest BCUT2D eigenvalue weighted by Crippen LogP contribution is 2.48. The molecule has 0 unspecified atom stereocenters. The Morgan fingerprint density at radius 3 is 2.61 bits per heavy atom. The normalized spacial score (nSPS) is 17.7. The summed E-state index contributed by atoms with van der Waals surface area (Å²) in [7, 11) is -1.93. The van der Waals surface area contributed by atoms with Crippen molar-refractivity contribution in [2.75, 3.05) is 25.5 Å². The van der Waals surface area contributed by atoms with Gasteiger partial charge < -0.3 is 5.32 Å². The van der Waals surface area contributed by atoms with Gasteiger partial charge in [0.15, 0.2) is 0 Å². The molecule has 8 heteroatoms. The molecule has 5 rings (SSSR count). The summed E-state index contributed by atoms with van der Waals surface area (Å²) in [6.45, 7) is 0.774. The Morgan fingerprint density at radius 2 is 1.87 bits per heavy atom. The van der Waals surface area contributed by atoms with Gasteiger partial charge in [-0.25, -0.2) is 22.8 Å². The van der Waals surface area contributed by atoms with Gasteiger partial charge in [0.2, 0.25) is 16.0 Å². The lowest BCUT2D eigenvalue weighted by atomic mass is 9.64. The molecule has 0 atom stereocenters. The van der Waals surface area contributed by atoms with E-state index in [1.165, 1.54) is 28.1 Å². The monoisotopic (exact) mass is 438 g/mol. The van der Waals surface area contributed by atoms with E-state index in [0.29, 0.717) is 31.9 Å². The number of aromatic nitrogens is 2. The number of nitrogens with one attached hydrogen (secondary N) is 1. The van der Waals surface area contributed by atoms with Crippen molar-refractivity contribution in [2.24, 2.45) is 0 Å². The number of anilines is 1. The fourth-order valence-electron chi connectivity index (χ4n) is 4.88. The second-order valence-corrected chi connectivity index (χ2v) is 10.1. The lowest BCUT2D eigenvalue weighted by Gasteiger charge is -2.45. The van der Waals surface area contributed by atoms with E-state index in [-0.39, 0.29) is 10.3 Å². The molecule has 6 nitrogen and oxygen atoms in total. The molecule has 1 fully saturated rings. The third-order valence-electron chi connectivity index (χ3n) is 6.48. The molecule has 1 aromatic heterocycles. The van der Waals surface area contributed by atoms with Crippen LogP contribution < -0.4 is 5.32 Å². The number of benzene rings is 2. The topological polar surface area (TPSA) is 75.2 Å². The molecule has 0 saturated carbocycles. The minimum Gasteiger partial charge on any atom is -0.357 e. The Kier molecular flexibility index (Phi) is 4.79. The van der Waals surface area contributed by atoms with Gasteiger partial charge in [0.25, 0.3) is 0 Å². The minimum absolute atomic E-state index is 0.00540. The SMILES string of the molecule is CNc1ncc2c(n1)-c1ccccc1C1(CCN(S(=O)(=O)c3cccc(F)c3)CC1)C2. The van der Waals surface area contributed by atoms with Gasteiger partial charge in [-0.15, -0.1) is 0 Å². The van der Waals surface area contributed by atoms with Crippen LogP contribution in [0.15, 0.2) is 59.6 Å².